The summed E-state index contributed by atoms with van der Waals surface area (Å²) in [5.74, 6) is -1.44. The zero-order valence-corrected chi connectivity index (χ0v) is 19.9. The number of amides is 1. The topological polar surface area (TPSA) is 122 Å². The second-order valence-corrected chi connectivity index (χ2v) is 8.78. The molecule has 2 unspecified atom stereocenters. The second kappa shape index (κ2) is 9.52. The fraction of sp³-hybridized carbons (Fsp3) is 0.259. The number of fused-ring (bicyclic) bond motifs is 1. The predicted octanol–water partition coefficient (Wildman–Crippen LogP) is 3.46. The number of carbonyl (C=O) groups excluding carboxylic acids is 1. The van der Waals surface area contributed by atoms with Crippen molar-refractivity contribution in [2.24, 2.45) is 15.2 Å². The Kier molecular flexibility index (Phi) is 6.26. The number of aliphatic hydroxyl groups excluding tert-OH is 1. The molecule has 3 aromatic carbocycles. The van der Waals surface area contributed by atoms with E-state index in [1.54, 1.807) is 12.1 Å². The average molecular weight is 485 g/mol. The van der Waals surface area contributed by atoms with Crippen LogP contribution in [-0.2, 0) is 5.60 Å². The van der Waals surface area contributed by atoms with Crippen LogP contribution in [0.25, 0.3) is 0 Å². The van der Waals surface area contributed by atoms with Gasteiger partial charge in [0.1, 0.15) is 12.5 Å². The Labute approximate surface area is 209 Å². The molecule has 5 rings (SSSR count). The van der Waals surface area contributed by atoms with Crippen molar-refractivity contribution in [3.63, 3.8) is 0 Å². The smallest absolute Gasteiger partial charge is 0.254 e. The summed E-state index contributed by atoms with van der Waals surface area (Å²) in [4.78, 5) is 19.2. The lowest BCUT2D eigenvalue weighted by molar-refractivity contribution is 0.0584. The highest BCUT2D eigenvalue weighted by atomic mass is 16.3. The van der Waals surface area contributed by atoms with Crippen molar-refractivity contribution in [2.75, 3.05) is 23.4 Å². The molecule has 0 radical (unpaired) electrons. The number of benzene rings is 3. The van der Waals surface area contributed by atoms with Crippen molar-refractivity contribution in [1.29, 1.82) is 0 Å². The van der Waals surface area contributed by atoms with E-state index in [1.807, 2.05) is 78.6 Å². The summed E-state index contributed by atoms with van der Waals surface area (Å²) in [6, 6.07) is 24.2. The Morgan fingerprint density at radius 1 is 1.08 bits per heavy atom. The van der Waals surface area contributed by atoms with Gasteiger partial charge < -0.3 is 25.7 Å². The minimum Gasteiger partial charge on any atom is -0.395 e. The zero-order chi connectivity index (χ0) is 25.2. The molecule has 0 aliphatic carbocycles. The number of azo groups is 1. The number of hydrogen-bond acceptors (Lipinski definition) is 8. The number of hydrogen-bond donors (Lipinski definition) is 4. The molecule has 0 aromatic heterocycles. The van der Waals surface area contributed by atoms with Crippen LogP contribution in [0.1, 0.15) is 34.8 Å². The molecular formula is C27H28N6O3. The number of carbonyl (C=O) groups is 1. The van der Waals surface area contributed by atoms with Gasteiger partial charge in [0.25, 0.3) is 5.91 Å². The van der Waals surface area contributed by atoms with Gasteiger partial charge in [0.15, 0.2) is 5.60 Å². The summed E-state index contributed by atoms with van der Waals surface area (Å²) in [5.41, 5.74) is 1.82. The number of nitrogens with one attached hydrogen (secondary N) is 2. The SMILES string of the molecule is CCC1(NC(=O)c2ccc3c(c2)N(CCO)C(C(O)(c2ccccc2)c2ccccc2)N3)N=CN=N1. The van der Waals surface area contributed by atoms with Crippen molar-refractivity contribution in [1.82, 2.24) is 5.32 Å². The number of aliphatic hydroxyl groups is 2. The van der Waals surface area contributed by atoms with Gasteiger partial charge in [0, 0.05) is 18.5 Å². The molecule has 9 nitrogen and oxygen atoms in total. The Hall–Kier alpha value is -4.08. The van der Waals surface area contributed by atoms with E-state index in [2.05, 4.69) is 25.9 Å². The normalized spacial score (nSPS) is 20.3. The molecule has 2 atom stereocenters. The predicted molar refractivity (Wildman–Crippen MR) is 138 cm³/mol. The van der Waals surface area contributed by atoms with Crippen molar-refractivity contribution in [3.8, 4) is 0 Å². The molecule has 2 heterocycles. The van der Waals surface area contributed by atoms with Gasteiger partial charge in [-0.1, -0.05) is 67.6 Å². The number of anilines is 2. The fourth-order valence-corrected chi connectivity index (χ4v) is 4.78. The summed E-state index contributed by atoms with van der Waals surface area (Å²) in [7, 11) is 0. The summed E-state index contributed by atoms with van der Waals surface area (Å²) >= 11 is 0. The molecule has 184 valence electrons. The molecule has 0 bridgehead atoms. The number of nitrogens with zero attached hydrogens (tertiary/aromatic N) is 4. The Bertz CT molecular complexity index is 1240. The third kappa shape index (κ3) is 4.02. The van der Waals surface area contributed by atoms with Gasteiger partial charge in [0.2, 0.25) is 5.79 Å². The Balaban J connectivity index is 1.54. The van der Waals surface area contributed by atoms with Gasteiger partial charge in [-0.25, -0.2) is 4.99 Å². The van der Waals surface area contributed by atoms with Crippen LogP contribution in [0.15, 0.2) is 94.1 Å². The molecule has 4 N–H and O–H groups in total. The van der Waals surface area contributed by atoms with E-state index < -0.39 is 17.6 Å². The van der Waals surface area contributed by atoms with Crippen molar-refractivity contribution in [3.05, 3.63) is 95.6 Å². The highest BCUT2D eigenvalue weighted by Crippen LogP contribution is 2.44. The van der Waals surface area contributed by atoms with Crippen LogP contribution in [0.5, 0.6) is 0 Å². The highest BCUT2D eigenvalue weighted by Gasteiger charge is 2.47. The first kappa shape index (κ1) is 23.7. The lowest BCUT2D eigenvalue weighted by atomic mass is 9.83. The maximum absolute atomic E-state index is 13.1. The minimum atomic E-state index is -1.45. The van der Waals surface area contributed by atoms with Crippen molar-refractivity contribution in [2.45, 2.75) is 30.9 Å². The van der Waals surface area contributed by atoms with Crippen LogP contribution < -0.4 is 15.5 Å². The first-order valence-corrected chi connectivity index (χ1v) is 11.9. The van der Waals surface area contributed by atoms with Crippen molar-refractivity contribution >= 4 is 23.6 Å². The van der Waals surface area contributed by atoms with Crippen LogP contribution in [0, 0.1) is 0 Å². The third-order valence-corrected chi connectivity index (χ3v) is 6.69. The van der Waals surface area contributed by atoms with E-state index in [9.17, 15) is 15.0 Å². The summed E-state index contributed by atoms with van der Waals surface area (Å²) in [5, 5.41) is 36.4. The number of aliphatic imine (C=N–C) groups is 1. The molecule has 2 aliphatic heterocycles. The van der Waals surface area contributed by atoms with E-state index in [0.717, 1.165) is 5.69 Å². The first-order valence-electron chi connectivity index (χ1n) is 11.9. The third-order valence-electron chi connectivity index (χ3n) is 6.69. The lowest BCUT2D eigenvalue weighted by Gasteiger charge is -2.40. The van der Waals surface area contributed by atoms with Gasteiger partial charge in [0.05, 0.1) is 18.0 Å². The van der Waals surface area contributed by atoms with Crippen molar-refractivity contribution < 1.29 is 15.0 Å². The quantitative estimate of drug-likeness (QED) is 0.390. The monoisotopic (exact) mass is 484 g/mol. The number of β-amino-alcohol motifs (C(OH)–C–C–N with tert-alkyl or cyclic N) is 1. The number of rotatable bonds is 8. The summed E-state index contributed by atoms with van der Waals surface area (Å²) in [6.45, 7) is 1.98. The molecule has 0 saturated heterocycles. The van der Waals surface area contributed by atoms with Gasteiger partial charge in [-0.3, -0.25) is 4.79 Å². The molecule has 3 aromatic rings. The highest BCUT2D eigenvalue weighted by molar-refractivity contribution is 5.97. The summed E-state index contributed by atoms with van der Waals surface area (Å²) < 4.78 is 0. The van der Waals surface area contributed by atoms with Gasteiger partial charge in [-0.15, -0.1) is 10.2 Å². The van der Waals surface area contributed by atoms with E-state index >= 15 is 0 Å². The van der Waals surface area contributed by atoms with E-state index in [4.69, 9.17) is 0 Å². The van der Waals surface area contributed by atoms with Gasteiger partial charge in [-0.05, 0) is 29.3 Å². The first-order chi connectivity index (χ1) is 17.5. The Morgan fingerprint density at radius 3 is 2.31 bits per heavy atom. The van der Waals surface area contributed by atoms with E-state index in [0.29, 0.717) is 28.8 Å². The van der Waals surface area contributed by atoms with Crippen LogP contribution in [-0.4, -0.2) is 47.6 Å². The lowest BCUT2D eigenvalue weighted by Crippen LogP contribution is -2.54. The molecule has 36 heavy (non-hydrogen) atoms. The zero-order valence-electron chi connectivity index (χ0n) is 19.9. The van der Waals surface area contributed by atoms with Crippen LogP contribution in [0.3, 0.4) is 0 Å². The Morgan fingerprint density at radius 2 is 1.75 bits per heavy atom. The largest absolute Gasteiger partial charge is 0.395 e. The molecule has 2 aliphatic rings. The van der Waals surface area contributed by atoms with Crippen LogP contribution in [0.2, 0.25) is 0 Å². The van der Waals surface area contributed by atoms with E-state index in [1.165, 1.54) is 6.34 Å². The standard InChI is InChI=1S/C27H28N6O3/c1-2-26(28-18-29-32-26)31-24(35)19-13-14-22-23(17-19)33(15-16-34)25(30-22)27(36,20-9-5-3-6-10-20)21-11-7-4-8-12-21/h3-14,17-18,25,30,34,36H,2,15-16H2,1H3,(H,31,35). The minimum absolute atomic E-state index is 0.137. The molecule has 9 heteroatoms. The summed E-state index contributed by atoms with van der Waals surface area (Å²) in [6.07, 6.45) is 1.15. The van der Waals surface area contributed by atoms with Crippen LogP contribution in [0.4, 0.5) is 11.4 Å². The van der Waals surface area contributed by atoms with Crippen LogP contribution >= 0.6 is 0 Å². The average Bonchev–Trinajstić information content (AvgIpc) is 3.54. The maximum atomic E-state index is 13.1. The molecule has 0 saturated carbocycles. The van der Waals surface area contributed by atoms with Gasteiger partial charge in [-0.2, -0.15) is 0 Å². The van der Waals surface area contributed by atoms with E-state index in [-0.39, 0.29) is 19.1 Å². The molecule has 1 amide bonds. The van der Waals surface area contributed by atoms with Gasteiger partial charge >= 0.3 is 0 Å². The molecule has 0 fully saturated rings. The maximum Gasteiger partial charge on any atom is 0.254 e. The second-order valence-electron chi connectivity index (χ2n) is 8.78. The molecular weight excluding hydrogens is 456 g/mol. The molecule has 0 spiro atoms. The fourth-order valence-electron chi connectivity index (χ4n) is 4.78.